The van der Waals surface area contributed by atoms with Gasteiger partial charge in [0.25, 0.3) is 5.56 Å². The molecule has 2 heterocycles. The lowest BCUT2D eigenvalue weighted by Crippen LogP contribution is -2.55. The number of piperidine rings is 1. The molecule has 1 aromatic carbocycles. The van der Waals surface area contributed by atoms with Crippen LogP contribution < -0.4 is 11.2 Å². The number of aromatic nitrogens is 2. The van der Waals surface area contributed by atoms with Gasteiger partial charge in [0.1, 0.15) is 6.54 Å². The Hall–Kier alpha value is -2.41. The van der Waals surface area contributed by atoms with Crippen LogP contribution in [0, 0.1) is 5.92 Å². The fourth-order valence-corrected chi connectivity index (χ4v) is 4.38. The van der Waals surface area contributed by atoms with Gasteiger partial charge in [-0.1, -0.05) is 25.0 Å². The number of aromatic amines is 1. The van der Waals surface area contributed by atoms with E-state index in [0.717, 1.165) is 30.3 Å². The second-order valence-corrected chi connectivity index (χ2v) is 7.50. The lowest BCUT2D eigenvalue weighted by molar-refractivity contribution is -0.144. The Morgan fingerprint density at radius 1 is 1.23 bits per heavy atom. The number of hydrogen-bond donors (Lipinski definition) is 2. The Morgan fingerprint density at radius 3 is 2.88 bits per heavy atom. The number of nitrogens with one attached hydrogen (secondary N) is 1. The molecule has 26 heavy (non-hydrogen) atoms. The van der Waals surface area contributed by atoms with Crippen molar-refractivity contribution in [3.05, 3.63) is 45.1 Å². The van der Waals surface area contributed by atoms with Crippen molar-refractivity contribution in [1.82, 2.24) is 14.5 Å². The number of hydrogen-bond acceptors (Lipinski definition) is 4. The summed E-state index contributed by atoms with van der Waals surface area (Å²) in [4.78, 5) is 41.9. The van der Waals surface area contributed by atoms with Crippen LogP contribution >= 0.6 is 0 Å². The zero-order chi connectivity index (χ0) is 18.3. The van der Waals surface area contributed by atoms with E-state index < -0.39 is 16.9 Å². The number of para-hydroxylation sites is 1. The van der Waals surface area contributed by atoms with Crippen LogP contribution in [0.1, 0.15) is 32.1 Å². The maximum Gasteiger partial charge on any atom is 0.329 e. The SMILES string of the molecule is O=C(Cn1c(=O)[nH]c2ccccc2c1=O)N1CC[C@@]2(O)CCCC[C@@H]2C1. The van der Waals surface area contributed by atoms with E-state index >= 15 is 0 Å². The third-order valence-electron chi connectivity index (χ3n) is 5.96. The van der Waals surface area contributed by atoms with E-state index in [9.17, 15) is 19.5 Å². The fourth-order valence-electron chi connectivity index (χ4n) is 4.38. The number of H-pyrrole nitrogens is 1. The summed E-state index contributed by atoms with van der Waals surface area (Å²) in [5, 5.41) is 11.1. The van der Waals surface area contributed by atoms with Gasteiger partial charge in [0, 0.05) is 19.0 Å². The standard InChI is InChI=1S/C19H23N3O4/c23-16(21-10-9-19(26)8-4-3-5-13(19)11-21)12-22-17(24)14-6-1-2-7-15(14)20-18(22)25/h1-2,6-7,13,26H,3-5,8-12H2,(H,20,25)/t13-,19+/m1/s1. The van der Waals surface area contributed by atoms with Gasteiger partial charge in [0.15, 0.2) is 0 Å². The van der Waals surface area contributed by atoms with Gasteiger partial charge in [-0.2, -0.15) is 0 Å². The molecule has 1 aliphatic carbocycles. The molecule has 2 N–H and O–H groups in total. The summed E-state index contributed by atoms with van der Waals surface area (Å²) in [5.74, 6) is -0.166. The average molecular weight is 357 g/mol. The number of rotatable bonds is 2. The quantitative estimate of drug-likeness (QED) is 0.833. The van der Waals surface area contributed by atoms with Crippen molar-refractivity contribution in [3.63, 3.8) is 0 Å². The lowest BCUT2D eigenvalue weighted by Gasteiger charge is -2.47. The number of amides is 1. The largest absolute Gasteiger partial charge is 0.389 e. The van der Waals surface area contributed by atoms with E-state index in [2.05, 4.69) is 4.98 Å². The Balaban J connectivity index is 1.56. The average Bonchev–Trinajstić information content (AvgIpc) is 2.64. The molecule has 1 aliphatic heterocycles. The highest BCUT2D eigenvalue weighted by atomic mass is 16.3. The number of fused-ring (bicyclic) bond motifs is 2. The van der Waals surface area contributed by atoms with Gasteiger partial charge in [0.2, 0.25) is 5.91 Å². The second kappa shape index (κ2) is 6.39. The summed E-state index contributed by atoms with van der Waals surface area (Å²) in [6, 6.07) is 6.77. The first-order chi connectivity index (χ1) is 12.5. The van der Waals surface area contributed by atoms with Crippen LogP contribution in [0.5, 0.6) is 0 Å². The fraction of sp³-hybridized carbons (Fsp3) is 0.526. The molecule has 1 aromatic heterocycles. The second-order valence-electron chi connectivity index (χ2n) is 7.50. The molecule has 2 aromatic rings. The first kappa shape index (κ1) is 17.0. The highest BCUT2D eigenvalue weighted by Crippen LogP contribution is 2.39. The first-order valence-corrected chi connectivity index (χ1v) is 9.20. The number of aliphatic hydroxyl groups is 1. The zero-order valence-electron chi connectivity index (χ0n) is 14.6. The van der Waals surface area contributed by atoms with Gasteiger partial charge in [-0.3, -0.25) is 14.2 Å². The van der Waals surface area contributed by atoms with Gasteiger partial charge in [-0.05, 0) is 31.4 Å². The molecule has 2 atom stereocenters. The molecule has 0 bridgehead atoms. The van der Waals surface area contributed by atoms with Crippen LogP contribution in [0.4, 0.5) is 0 Å². The minimum Gasteiger partial charge on any atom is -0.389 e. The van der Waals surface area contributed by atoms with E-state index in [4.69, 9.17) is 0 Å². The molecule has 0 radical (unpaired) electrons. The van der Waals surface area contributed by atoms with E-state index in [0.29, 0.717) is 30.4 Å². The highest BCUT2D eigenvalue weighted by molar-refractivity contribution is 5.79. The summed E-state index contributed by atoms with van der Waals surface area (Å²) >= 11 is 0. The summed E-state index contributed by atoms with van der Waals surface area (Å²) < 4.78 is 0.965. The smallest absolute Gasteiger partial charge is 0.329 e. The number of carbonyl (C=O) groups is 1. The van der Waals surface area contributed by atoms with Gasteiger partial charge in [-0.25, -0.2) is 4.79 Å². The predicted octanol–water partition coefficient (Wildman–Crippen LogP) is 0.843. The summed E-state index contributed by atoms with van der Waals surface area (Å²) in [5.41, 5.74) is -1.22. The summed E-state index contributed by atoms with van der Waals surface area (Å²) in [6.07, 6.45) is 4.37. The Kier molecular flexibility index (Phi) is 4.19. The monoisotopic (exact) mass is 357 g/mol. The molecule has 0 spiro atoms. The van der Waals surface area contributed by atoms with Crippen LogP contribution in [-0.4, -0.2) is 44.2 Å². The molecular formula is C19H23N3O4. The third-order valence-corrected chi connectivity index (χ3v) is 5.96. The van der Waals surface area contributed by atoms with Crippen LogP contribution in [0.3, 0.4) is 0 Å². The third kappa shape index (κ3) is 2.86. The van der Waals surface area contributed by atoms with E-state index in [1.165, 1.54) is 0 Å². The molecule has 2 aliphatic rings. The maximum atomic E-state index is 12.7. The molecule has 138 valence electrons. The summed E-state index contributed by atoms with van der Waals surface area (Å²) in [7, 11) is 0. The van der Waals surface area contributed by atoms with Crippen molar-refractivity contribution in [3.8, 4) is 0 Å². The van der Waals surface area contributed by atoms with Crippen molar-refractivity contribution in [2.75, 3.05) is 13.1 Å². The molecule has 2 fully saturated rings. The van der Waals surface area contributed by atoms with Gasteiger partial charge in [-0.15, -0.1) is 0 Å². The zero-order valence-corrected chi connectivity index (χ0v) is 14.6. The molecule has 7 heteroatoms. The van der Waals surface area contributed by atoms with Crippen LogP contribution in [-0.2, 0) is 11.3 Å². The number of likely N-dealkylation sites (tertiary alicyclic amines) is 1. The van der Waals surface area contributed by atoms with Crippen molar-refractivity contribution >= 4 is 16.8 Å². The number of nitrogens with zero attached hydrogens (tertiary/aromatic N) is 2. The topological polar surface area (TPSA) is 95.4 Å². The molecule has 7 nitrogen and oxygen atoms in total. The Morgan fingerprint density at radius 2 is 2.04 bits per heavy atom. The normalized spacial score (nSPS) is 25.9. The lowest BCUT2D eigenvalue weighted by atomic mass is 9.71. The van der Waals surface area contributed by atoms with Gasteiger partial charge >= 0.3 is 5.69 Å². The minimum atomic E-state index is -0.660. The Labute approximate surface area is 150 Å². The van der Waals surface area contributed by atoms with Gasteiger partial charge in [0.05, 0.1) is 16.5 Å². The Bertz CT molecular complexity index is 963. The number of carbonyl (C=O) groups excluding carboxylic acids is 1. The first-order valence-electron chi connectivity index (χ1n) is 9.20. The molecule has 1 saturated heterocycles. The van der Waals surface area contributed by atoms with E-state index in [1.807, 2.05) is 0 Å². The molecular weight excluding hydrogens is 334 g/mol. The maximum absolute atomic E-state index is 12.7. The minimum absolute atomic E-state index is 0.0839. The summed E-state index contributed by atoms with van der Waals surface area (Å²) in [6.45, 7) is 0.686. The van der Waals surface area contributed by atoms with Crippen LogP contribution in [0.2, 0.25) is 0 Å². The molecule has 1 saturated carbocycles. The van der Waals surface area contributed by atoms with Crippen LogP contribution in [0.15, 0.2) is 33.9 Å². The van der Waals surface area contributed by atoms with E-state index in [1.54, 1.807) is 29.2 Å². The van der Waals surface area contributed by atoms with Gasteiger partial charge < -0.3 is 15.0 Å². The molecule has 0 unspecified atom stereocenters. The van der Waals surface area contributed by atoms with Crippen molar-refractivity contribution in [1.29, 1.82) is 0 Å². The van der Waals surface area contributed by atoms with Crippen molar-refractivity contribution in [2.45, 2.75) is 44.2 Å². The van der Waals surface area contributed by atoms with Crippen molar-refractivity contribution in [2.24, 2.45) is 5.92 Å². The predicted molar refractivity (Wildman–Crippen MR) is 96.9 cm³/mol. The molecule has 4 rings (SSSR count). The highest BCUT2D eigenvalue weighted by Gasteiger charge is 2.43. The van der Waals surface area contributed by atoms with Crippen molar-refractivity contribution < 1.29 is 9.90 Å². The number of benzene rings is 1. The van der Waals surface area contributed by atoms with Crippen LogP contribution in [0.25, 0.3) is 10.9 Å². The van der Waals surface area contributed by atoms with E-state index in [-0.39, 0.29) is 18.4 Å². The molecule has 1 amide bonds.